The van der Waals surface area contributed by atoms with Gasteiger partial charge in [0.05, 0.1) is 0 Å². The summed E-state index contributed by atoms with van der Waals surface area (Å²) in [4.78, 5) is 38.3. The number of nitrogens with zero attached hydrogens (tertiary/aromatic N) is 1. The summed E-state index contributed by atoms with van der Waals surface area (Å²) in [7, 11) is 0. The third kappa shape index (κ3) is 4.87. The summed E-state index contributed by atoms with van der Waals surface area (Å²) < 4.78 is 5.59. The monoisotopic (exact) mass is 450 g/mol. The van der Waals surface area contributed by atoms with Crippen molar-refractivity contribution >= 4 is 18.0 Å². The van der Waals surface area contributed by atoms with Crippen LogP contribution in [-0.2, 0) is 14.3 Å². The third-order valence-electron chi connectivity index (χ3n) is 6.69. The van der Waals surface area contributed by atoms with E-state index in [0.29, 0.717) is 19.4 Å². The predicted molar refractivity (Wildman–Crippen MR) is 124 cm³/mol. The largest absolute Gasteiger partial charge is 0.480 e. The molecule has 33 heavy (non-hydrogen) atoms. The standard InChI is InChI=1S/C26H30N2O5/c1-2-17(15-24(29)28-14-8-7-13-23(28)25(30)31)27-26(32)33-16-22-20-11-5-3-9-18(20)19-10-4-6-12-21(19)22/h3-6,9-12,17,22-23H,2,7-8,13-16H2,1H3,(H,27,32)(H,30,31)/t17-,23-/m1/s1. The first kappa shape index (κ1) is 22.8. The zero-order valence-electron chi connectivity index (χ0n) is 18.8. The van der Waals surface area contributed by atoms with Crippen LogP contribution in [0.3, 0.4) is 0 Å². The summed E-state index contributed by atoms with van der Waals surface area (Å²) >= 11 is 0. The highest BCUT2D eigenvalue weighted by Gasteiger charge is 2.33. The number of aliphatic carboxylic acids is 1. The normalized spacial score (nSPS) is 18.2. The van der Waals surface area contributed by atoms with Crippen molar-refractivity contribution in [2.45, 2.75) is 57.0 Å². The number of carbonyl (C=O) groups excluding carboxylic acids is 2. The Bertz CT molecular complexity index is 991. The van der Waals surface area contributed by atoms with E-state index in [9.17, 15) is 19.5 Å². The summed E-state index contributed by atoms with van der Waals surface area (Å²) in [5, 5.41) is 12.2. The average Bonchev–Trinajstić information content (AvgIpc) is 3.16. The summed E-state index contributed by atoms with van der Waals surface area (Å²) in [5.41, 5.74) is 4.60. The number of benzene rings is 2. The number of carbonyl (C=O) groups is 3. The molecule has 0 aromatic heterocycles. The van der Waals surface area contributed by atoms with Crippen molar-refractivity contribution in [3.63, 3.8) is 0 Å². The van der Waals surface area contributed by atoms with E-state index in [0.717, 1.165) is 35.1 Å². The molecule has 0 radical (unpaired) electrons. The van der Waals surface area contributed by atoms with E-state index in [1.54, 1.807) is 0 Å². The van der Waals surface area contributed by atoms with Crippen molar-refractivity contribution in [1.82, 2.24) is 10.2 Å². The molecule has 2 atom stereocenters. The summed E-state index contributed by atoms with van der Waals surface area (Å²) in [6.45, 7) is 2.53. The number of amides is 2. The lowest BCUT2D eigenvalue weighted by atomic mass is 9.98. The van der Waals surface area contributed by atoms with Crippen LogP contribution in [0.1, 0.15) is 56.1 Å². The van der Waals surface area contributed by atoms with Crippen LogP contribution in [0.25, 0.3) is 11.1 Å². The number of fused-ring (bicyclic) bond motifs is 3. The van der Waals surface area contributed by atoms with Crippen LogP contribution in [-0.4, -0.2) is 53.2 Å². The summed E-state index contributed by atoms with van der Waals surface area (Å²) in [5.74, 6) is -1.25. The van der Waals surface area contributed by atoms with Crippen molar-refractivity contribution < 1.29 is 24.2 Å². The number of carboxylic acid groups (broad SMARTS) is 1. The van der Waals surface area contributed by atoms with Gasteiger partial charge in [0.15, 0.2) is 0 Å². The second-order valence-electron chi connectivity index (χ2n) is 8.72. The molecule has 2 amide bonds. The Morgan fingerprint density at radius 2 is 1.70 bits per heavy atom. The van der Waals surface area contributed by atoms with Gasteiger partial charge >= 0.3 is 12.1 Å². The van der Waals surface area contributed by atoms with Gasteiger partial charge in [0.25, 0.3) is 0 Å². The van der Waals surface area contributed by atoms with Crippen molar-refractivity contribution in [3.05, 3.63) is 59.7 Å². The van der Waals surface area contributed by atoms with Crippen LogP contribution in [0.4, 0.5) is 4.79 Å². The summed E-state index contributed by atoms with van der Waals surface area (Å²) in [6, 6.07) is 15.1. The van der Waals surface area contributed by atoms with Crippen LogP contribution >= 0.6 is 0 Å². The molecule has 1 saturated heterocycles. The molecular weight excluding hydrogens is 420 g/mol. The van der Waals surface area contributed by atoms with Gasteiger partial charge in [0.1, 0.15) is 12.6 Å². The van der Waals surface area contributed by atoms with Gasteiger partial charge in [0, 0.05) is 24.9 Å². The smallest absolute Gasteiger partial charge is 0.407 e. The van der Waals surface area contributed by atoms with Crippen molar-refractivity contribution in [2.24, 2.45) is 0 Å². The minimum atomic E-state index is -0.972. The lowest BCUT2D eigenvalue weighted by molar-refractivity contribution is -0.152. The van der Waals surface area contributed by atoms with Crippen LogP contribution in [0, 0.1) is 0 Å². The highest BCUT2D eigenvalue weighted by molar-refractivity contribution is 5.84. The molecule has 0 spiro atoms. The number of rotatable bonds is 7. The topological polar surface area (TPSA) is 95.9 Å². The number of hydrogen-bond donors (Lipinski definition) is 2. The Morgan fingerprint density at radius 3 is 2.30 bits per heavy atom. The van der Waals surface area contributed by atoms with Gasteiger partial charge in [-0.05, 0) is 47.9 Å². The Kier molecular flexibility index (Phi) is 6.96. The minimum absolute atomic E-state index is 0.0328. The maximum Gasteiger partial charge on any atom is 0.407 e. The van der Waals surface area contributed by atoms with Gasteiger partial charge < -0.3 is 20.1 Å². The first-order valence-corrected chi connectivity index (χ1v) is 11.6. The lowest BCUT2D eigenvalue weighted by Gasteiger charge is -2.34. The van der Waals surface area contributed by atoms with Gasteiger partial charge in [-0.3, -0.25) is 4.79 Å². The molecular formula is C26H30N2O5. The number of hydrogen-bond acceptors (Lipinski definition) is 4. The molecule has 4 rings (SSSR count). The lowest BCUT2D eigenvalue weighted by Crippen LogP contribution is -2.50. The van der Waals surface area contributed by atoms with E-state index >= 15 is 0 Å². The van der Waals surface area contributed by atoms with Crippen molar-refractivity contribution in [2.75, 3.05) is 13.2 Å². The molecule has 0 saturated carbocycles. The SMILES string of the molecule is CC[C@H](CC(=O)N1CCCC[C@@H]1C(=O)O)NC(=O)OCC1c2ccccc2-c2ccccc21. The molecule has 1 heterocycles. The second kappa shape index (κ2) is 10.1. The fraction of sp³-hybridized carbons (Fsp3) is 0.423. The Labute approximate surface area is 193 Å². The van der Waals surface area contributed by atoms with E-state index in [-0.39, 0.29) is 24.9 Å². The zero-order valence-corrected chi connectivity index (χ0v) is 18.8. The van der Waals surface area contributed by atoms with Gasteiger partial charge in [-0.1, -0.05) is 55.5 Å². The van der Waals surface area contributed by atoms with Crippen molar-refractivity contribution in [1.29, 1.82) is 0 Å². The number of alkyl carbamates (subject to hydrolysis) is 1. The Morgan fingerprint density at radius 1 is 1.06 bits per heavy atom. The molecule has 0 unspecified atom stereocenters. The molecule has 7 heteroatoms. The second-order valence-corrected chi connectivity index (χ2v) is 8.72. The molecule has 174 valence electrons. The molecule has 1 fully saturated rings. The van der Waals surface area contributed by atoms with E-state index in [2.05, 4.69) is 29.6 Å². The van der Waals surface area contributed by atoms with Gasteiger partial charge in [-0.2, -0.15) is 0 Å². The number of nitrogens with one attached hydrogen (secondary N) is 1. The van der Waals surface area contributed by atoms with E-state index in [4.69, 9.17) is 4.74 Å². The molecule has 2 aliphatic rings. The van der Waals surface area contributed by atoms with Crippen LogP contribution in [0.2, 0.25) is 0 Å². The van der Waals surface area contributed by atoms with E-state index in [1.165, 1.54) is 4.90 Å². The third-order valence-corrected chi connectivity index (χ3v) is 6.69. The maximum atomic E-state index is 12.8. The van der Waals surface area contributed by atoms with Gasteiger partial charge in [-0.15, -0.1) is 0 Å². The van der Waals surface area contributed by atoms with E-state index < -0.39 is 24.1 Å². The first-order chi connectivity index (χ1) is 16.0. The quantitative estimate of drug-likeness (QED) is 0.660. The minimum Gasteiger partial charge on any atom is -0.480 e. The fourth-order valence-corrected chi connectivity index (χ4v) is 4.92. The van der Waals surface area contributed by atoms with Gasteiger partial charge in [-0.25, -0.2) is 9.59 Å². The fourth-order valence-electron chi connectivity index (χ4n) is 4.92. The number of likely N-dealkylation sites (tertiary alicyclic amines) is 1. The van der Waals surface area contributed by atoms with Crippen molar-refractivity contribution in [3.8, 4) is 11.1 Å². The molecule has 2 aromatic carbocycles. The Balaban J connectivity index is 1.35. The Hall–Kier alpha value is -3.35. The highest BCUT2D eigenvalue weighted by Crippen LogP contribution is 2.44. The molecule has 1 aliphatic heterocycles. The molecule has 2 aromatic rings. The average molecular weight is 451 g/mol. The van der Waals surface area contributed by atoms with Crippen LogP contribution in [0.5, 0.6) is 0 Å². The molecule has 7 nitrogen and oxygen atoms in total. The predicted octanol–water partition coefficient (Wildman–Crippen LogP) is 4.16. The van der Waals surface area contributed by atoms with Crippen LogP contribution < -0.4 is 5.32 Å². The highest BCUT2D eigenvalue weighted by atomic mass is 16.5. The van der Waals surface area contributed by atoms with Crippen LogP contribution in [0.15, 0.2) is 48.5 Å². The number of ether oxygens (including phenoxy) is 1. The maximum absolute atomic E-state index is 12.8. The molecule has 0 bridgehead atoms. The van der Waals surface area contributed by atoms with Gasteiger partial charge in [0.2, 0.25) is 5.91 Å². The molecule has 1 aliphatic carbocycles. The zero-order chi connectivity index (χ0) is 23.4. The molecule has 2 N–H and O–H groups in total. The number of piperidine rings is 1. The van der Waals surface area contributed by atoms with E-state index in [1.807, 2.05) is 31.2 Å². The first-order valence-electron chi connectivity index (χ1n) is 11.6. The summed E-state index contributed by atoms with van der Waals surface area (Å²) in [6.07, 6.45) is 2.11. The number of carboxylic acids is 1.